The van der Waals surface area contributed by atoms with E-state index in [0.29, 0.717) is 0 Å². The number of H-pyrrole nitrogens is 1. The van der Waals surface area contributed by atoms with Crippen LogP contribution in [0.25, 0.3) is 0 Å². The number of aryl methyl sites for hydroxylation is 1. The van der Waals surface area contributed by atoms with Crippen LogP contribution in [0, 0.1) is 6.92 Å². The van der Waals surface area contributed by atoms with E-state index in [1.165, 1.54) is 13.1 Å². The Hall–Kier alpha value is -1.48. The van der Waals surface area contributed by atoms with Gasteiger partial charge >= 0.3 is 5.69 Å². The van der Waals surface area contributed by atoms with Gasteiger partial charge in [0.15, 0.2) is 6.23 Å². The predicted octanol–water partition coefficient (Wildman–Crippen LogP) is -2.54. The number of nitrogens with one attached hydrogen (secondary N) is 1. The molecule has 2 rings (SSSR count). The molecule has 0 unspecified atom stereocenters. The lowest BCUT2D eigenvalue weighted by molar-refractivity contribution is -0.0551. The molecule has 0 aromatic carbocycles. The average molecular weight is 259 g/mol. The van der Waals surface area contributed by atoms with E-state index in [0.717, 1.165) is 4.57 Å². The fourth-order valence-corrected chi connectivity index (χ4v) is 1.88. The summed E-state index contributed by atoms with van der Waals surface area (Å²) in [4.78, 5) is 24.9. The lowest BCUT2D eigenvalue weighted by atomic mass is 10.1. The molecular weight excluding hydrogens is 245 g/mol. The molecule has 0 aliphatic carbocycles. The fraction of sp³-hybridized carbons (Fsp3) is 0.600. The Bertz CT molecular complexity index is 550. The number of aliphatic hydroxyl groups is 3. The second-order valence-corrected chi connectivity index (χ2v) is 4.21. The van der Waals surface area contributed by atoms with Gasteiger partial charge in [-0.1, -0.05) is 0 Å². The van der Waals surface area contributed by atoms with Gasteiger partial charge < -0.3 is 20.1 Å². The zero-order valence-corrected chi connectivity index (χ0v) is 9.61. The molecule has 1 aromatic heterocycles. The minimum atomic E-state index is -1.36. The molecule has 4 N–H and O–H groups in total. The van der Waals surface area contributed by atoms with Crippen molar-refractivity contribution in [3.63, 3.8) is 0 Å². The van der Waals surface area contributed by atoms with Crippen molar-refractivity contribution in [1.82, 2.24) is 9.55 Å². The highest BCUT2D eigenvalue weighted by atomic mass is 16.6. The molecule has 1 aromatic rings. The first kappa shape index (κ1) is 13.0. The molecular formula is C10H14N2O6. The van der Waals surface area contributed by atoms with E-state index in [1.54, 1.807) is 0 Å². The highest BCUT2D eigenvalue weighted by Crippen LogP contribution is 2.27. The van der Waals surface area contributed by atoms with Crippen molar-refractivity contribution in [2.45, 2.75) is 31.5 Å². The van der Waals surface area contributed by atoms with Crippen LogP contribution in [0.2, 0.25) is 0 Å². The standard InChI is InChI=1S/C10H14N2O6/c1-4-2-12(10(17)11-8(4)16)9-7(15)6(14)5(3-13)18-9/h2,5-7,9,13-15H,3H2,1H3,(H,11,16,17)/t5-,6-,7-,9-/m1/s1/i2+1. The largest absolute Gasteiger partial charge is 0.394 e. The molecule has 2 heterocycles. The Morgan fingerprint density at radius 3 is 2.61 bits per heavy atom. The molecule has 0 saturated carbocycles. The summed E-state index contributed by atoms with van der Waals surface area (Å²) in [6, 6.07) is 0. The summed E-state index contributed by atoms with van der Waals surface area (Å²) >= 11 is 0. The van der Waals surface area contributed by atoms with Crippen LogP contribution in [0.15, 0.2) is 15.8 Å². The molecule has 8 heteroatoms. The maximum atomic E-state index is 11.6. The molecule has 1 fully saturated rings. The van der Waals surface area contributed by atoms with E-state index < -0.39 is 42.4 Å². The molecule has 18 heavy (non-hydrogen) atoms. The average Bonchev–Trinajstić information content (AvgIpc) is 2.61. The molecule has 100 valence electrons. The Labute approximate surface area is 101 Å². The number of aromatic amines is 1. The van der Waals surface area contributed by atoms with Crippen molar-refractivity contribution >= 4 is 0 Å². The van der Waals surface area contributed by atoms with Gasteiger partial charge in [-0.05, 0) is 6.92 Å². The second kappa shape index (κ2) is 4.65. The highest BCUT2D eigenvalue weighted by molar-refractivity contribution is 5.03. The number of hydrogen-bond acceptors (Lipinski definition) is 6. The SMILES string of the molecule is Cc1[13cH]n([C@@H]2O[C@H](CO)[C@@H](O)[C@H]2O)c(=O)[nH]c1=O. The number of hydrogen-bond donors (Lipinski definition) is 4. The molecule has 0 amide bonds. The number of aromatic nitrogens is 2. The highest BCUT2D eigenvalue weighted by Gasteiger charge is 2.43. The lowest BCUT2D eigenvalue weighted by Gasteiger charge is -2.17. The maximum Gasteiger partial charge on any atom is 0.330 e. The van der Waals surface area contributed by atoms with E-state index in [9.17, 15) is 19.8 Å². The predicted molar refractivity (Wildman–Crippen MR) is 59.1 cm³/mol. The van der Waals surface area contributed by atoms with Gasteiger partial charge in [0.05, 0.1) is 6.61 Å². The second-order valence-electron chi connectivity index (χ2n) is 4.21. The van der Waals surface area contributed by atoms with E-state index in [4.69, 9.17) is 9.84 Å². The van der Waals surface area contributed by atoms with Gasteiger partial charge in [-0.25, -0.2) is 4.79 Å². The topological polar surface area (TPSA) is 125 Å². The molecule has 0 radical (unpaired) electrons. The first-order valence-electron chi connectivity index (χ1n) is 5.40. The zero-order valence-electron chi connectivity index (χ0n) is 9.61. The summed E-state index contributed by atoms with van der Waals surface area (Å²) in [7, 11) is 0. The summed E-state index contributed by atoms with van der Waals surface area (Å²) in [6.07, 6.45) is -3.52. The van der Waals surface area contributed by atoms with Gasteiger partial charge in [0, 0.05) is 11.8 Å². The summed E-state index contributed by atoms with van der Waals surface area (Å²) in [5.74, 6) is 0. The van der Waals surface area contributed by atoms with Crippen LogP contribution in [0.3, 0.4) is 0 Å². The molecule has 4 atom stereocenters. The fourth-order valence-electron chi connectivity index (χ4n) is 1.88. The quantitative estimate of drug-likeness (QED) is 0.463. The van der Waals surface area contributed by atoms with Gasteiger partial charge in [0.1, 0.15) is 18.3 Å². The smallest absolute Gasteiger partial charge is 0.330 e. The molecule has 0 spiro atoms. The minimum Gasteiger partial charge on any atom is -0.394 e. The Balaban J connectivity index is 2.42. The third kappa shape index (κ3) is 1.99. The molecule has 1 aliphatic rings. The van der Waals surface area contributed by atoms with Crippen molar-refractivity contribution < 1.29 is 20.1 Å². The summed E-state index contributed by atoms with van der Waals surface area (Å²) in [6.45, 7) is 1.02. The van der Waals surface area contributed by atoms with Crippen LogP contribution >= 0.6 is 0 Å². The van der Waals surface area contributed by atoms with Crippen molar-refractivity contribution in [2.24, 2.45) is 0 Å². The maximum absolute atomic E-state index is 11.6. The molecule has 8 nitrogen and oxygen atoms in total. The summed E-state index contributed by atoms with van der Waals surface area (Å²) in [5, 5.41) is 28.3. The third-order valence-electron chi connectivity index (χ3n) is 2.94. The van der Waals surface area contributed by atoms with Crippen LogP contribution in [-0.4, -0.2) is 49.8 Å². The van der Waals surface area contributed by atoms with E-state index >= 15 is 0 Å². The molecule has 1 saturated heterocycles. The zero-order chi connectivity index (χ0) is 13.4. The van der Waals surface area contributed by atoms with Crippen molar-refractivity contribution in [2.75, 3.05) is 6.61 Å². The van der Waals surface area contributed by atoms with Crippen molar-refractivity contribution in [3.05, 3.63) is 32.6 Å². The summed E-state index contributed by atoms with van der Waals surface area (Å²) < 4.78 is 6.17. The van der Waals surface area contributed by atoms with Gasteiger partial charge in [0.2, 0.25) is 0 Å². The Morgan fingerprint density at radius 1 is 1.39 bits per heavy atom. The van der Waals surface area contributed by atoms with Gasteiger partial charge in [-0.2, -0.15) is 0 Å². The Kier molecular flexibility index (Phi) is 3.35. The van der Waals surface area contributed by atoms with E-state index in [1.807, 2.05) is 0 Å². The van der Waals surface area contributed by atoms with Gasteiger partial charge in [-0.3, -0.25) is 14.3 Å². The van der Waals surface area contributed by atoms with Crippen LogP contribution in [0.1, 0.15) is 11.8 Å². The van der Waals surface area contributed by atoms with Crippen molar-refractivity contribution in [3.8, 4) is 0 Å². The monoisotopic (exact) mass is 259 g/mol. The van der Waals surface area contributed by atoms with Gasteiger partial charge in [0.25, 0.3) is 5.56 Å². The summed E-state index contributed by atoms with van der Waals surface area (Å²) in [5.41, 5.74) is -1.00. The van der Waals surface area contributed by atoms with Gasteiger partial charge in [-0.15, -0.1) is 0 Å². The number of rotatable bonds is 2. The first-order chi connectivity index (χ1) is 8.45. The number of aliphatic hydroxyl groups excluding tert-OH is 3. The van der Waals surface area contributed by atoms with Crippen LogP contribution in [0.5, 0.6) is 0 Å². The molecule has 0 bridgehead atoms. The third-order valence-corrected chi connectivity index (χ3v) is 2.94. The normalized spacial score (nSPS) is 31.8. The van der Waals surface area contributed by atoms with Crippen LogP contribution < -0.4 is 11.2 Å². The van der Waals surface area contributed by atoms with E-state index in [2.05, 4.69) is 4.98 Å². The first-order valence-corrected chi connectivity index (χ1v) is 5.40. The number of ether oxygens (including phenoxy) is 1. The van der Waals surface area contributed by atoms with Crippen molar-refractivity contribution in [1.29, 1.82) is 0 Å². The Morgan fingerprint density at radius 2 is 2.06 bits per heavy atom. The lowest BCUT2D eigenvalue weighted by Crippen LogP contribution is -2.38. The number of nitrogens with zero attached hydrogens (tertiary/aromatic N) is 1. The van der Waals surface area contributed by atoms with E-state index in [-0.39, 0.29) is 5.56 Å². The van der Waals surface area contributed by atoms with Crippen LogP contribution in [0.4, 0.5) is 0 Å². The minimum absolute atomic E-state index is 0.271. The molecule has 1 aliphatic heterocycles. The van der Waals surface area contributed by atoms with Crippen LogP contribution in [-0.2, 0) is 4.74 Å².